The van der Waals surface area contributed by atoms with Crippen LogP contribution in [0.3, 0.4) is 0 Å². The standard InChI is InChI=1S/C25H33N3O5S/c1-19-17-21(10-11-23(19)32-2)34(30,31)28-12-6-7-20(18-28)25(29)27-15-13-26(14-16-27)22-8-4-5-9-24(22)33-3/h4-5,8-11,17,20H,6-7,12-16,18H2,1-3H3/t20-/m0/s1. The van der Waals surface area contributed by atoms with Gasteiger partial charge in [-0.1, -0.05) is 12.1 Å². The smallest absolute Gasteiger partial charge is 0.243 e. The van der Waals surface area contributed by atoms with Gasteiger partial charge < -0.3 is 19.3 Å². The molecule has 0 spiro atoms. The van der Waals surface area contributed by atoms with Crippen molar-refractivity contribution in [2.24, 2.45) is 5.92 Å². The highest BCUT2D eigenvalue weighted by Crippen LogP contribution is 2.30. The molecule has 8 nitrogen and oxygen atoms in total. The summed E-state index contributed by atoms with van der Waals surface area (Å²) < 4.78 is 38.8. The highest BCUT2D eigenvalue weighted by atomic mass is 32.2. The summed E-state index contributed by atoms with van der Waals surface area (Å²) in [6.07, 6.45) is 1.38. The summed E-state index contributed by atoms with van der Waals surface area (Å²) >= 11 is 0. The van der Waals surface area contributed by atoms with Gasteiger partial charge in [0.15, 0.2) is 0 Å². The van der Waals surface area contributed by atoms with Gasteiger partial charge in [-0.05, 0) is 55.7 Å². The Labute approximate surface area is 202 Å². The van der Waals surface area contributed by atoms with Crippen LogP contribution in [0.15, 0.2) is 47.4 Å². The Morgan fingerprint density at radius 2 is 1.65 bits per heavy atom. The van der Waals surface area contributed by atoms with Gasteiger partial charge in [0.05, 0.1) is 30.7 Å². The van der Waals surface area contributed by atoms with E-state index in [9.17, 15) is 13.2 Å². The monoisotopic (exact) mass is 487 g/mol. The molecule has 2 aliphatic heterocycles. The van der Waals surface area contributed by atoms with E-state index in [-0.39, 0.29) is 23.3 Å². The number of para-hydroxylation sites is 2. The molecule has 2 aliphatic rings. The molecule has 0 bridgehead atoms. The van der Waals surface area contributed by atoms with Crippen LogP contribution in [0.2, 0.25) is 0 Å². The summed E-state index contributed by atoms with van der Waals surface area (Å²) in [5.41, 5.74) is 1.79. The Morgan fingerprint density at radius 1 is 0.941 bits per heavy atom. The topological polar surface area (TPSA) is 79.4 Å². The SMILES string of the molecule is COc1ccc(S(=O)(=O)N2CCC[C@H](C(=O)N3CCN(c4ccccc4OC)CC3)C2)cc1C. The summed E-state index contributed by atoms with van der Waals surface area (Å²) in [7, 11) is -0.450. The number of anilines is 1. The molecule has 0 unspecified atom stereocenters. The minimum Gasteiger partial charge on any atom is -0.496 e. The number of aryl methyl sites for hydroxylation is 1. The van der Waals surface area contributed by atoms with E-state index in [0.29, 0.717) is 51.3 Å². The number of sulfonamides is 1. The highest BCUT2D eigenvalue weighted by molar-refractivity contribution is 7.89. The first-order valence-electron chi connectivity index (χ1n) is 11.7. The first-order chi connectivity index (χ1) is 16.3. The van der Waals surface area contributed by atoms with Gasteiger partial charge in [0.1, 0.15) is 11.5 Å². The van der Waals surface area contributed by atoms with E-state index in [1.165, 1.54) is 4.31 Å². The summed E-state index contributed by atoms with van der Waals surface area (Å²) in [6.45, 7) is 5.12. The third-order valence-corrected chi connectivity index (χ3v) is 8.62. The number of amides is 1. The Morgan fingerprint density at radius 3 is 2.32 bits per heavy atom. The summed E-state index contributed by atoms with van der Waals surface area (Å²) in [6, 6.07) is 12.8. The molecule has 9 heteroatoms. The number of methoxy groups -OCH3 is 2. The zero-order valence-electron chi connectivity index (χ0n) is 20.1. The predicted octanol–water partition coefficient (Wildman–Crippen LogP) is 2.76. The molecule has 2 aromatic rings. The second-order valence-corrected chi connectivity index (χ2v) is 10.8. The summed E-state index contributed by atoms with van der Waals surface area (Å²) in [5.74, 6) is 1.20. The van der Waals surface area contributed by atoms with Crippen LogP contribution in [0.25, 0.3) is 0 Å². The average Bonchev–Trinajstić information content (AvgIpc) is 2.88. The number of carbonyl (C=O) groups excluding carboxylic acids is 1. The molecule has 34 heavy (non-hydrogen) atoms. The summed E-state index contributed by atoms with van der Waals surface area (Å²) in [5, 5.41) is 0. The number of rotatable bonds is 6. The molecule has 1 atom stereocenters. The molecular weight excluding hydrogens is 454 g/mol. The average molecular weight is 488 g/mol. The predicted molar refractivity (Wildman–Crippen MR) is 131 cm³/mol. The van der Waals surface area contributed by atoms with Crippen molar-refractivity contribution in [3.63, 3.8) is 0 Å². The van der Waals surface area contributed by atoms with Gasteiger partial charge in [0, 0.05) is 39.3 Å². The van der Waals surface area contributed by atoms with Gasteiger partial charge >= 0.3 is 0 Å². The van der Waals surface area contributed by atoms with Crippen molar-refractivity contribution < 1.29 is 22.7 Å². The van der Waals surface area contributed by atoms with Gasteiger partial charge in [-0.2, -0.15) is 4.31 Å². The maximum absolute atomic E-state index is 13.3. The molecule has 0 saturated carbocycles. The number of hydrogen-bond acceptors (Lipinski definition) is 6. The lowest BCUT2D eigenvalue weighted by Crippen LogP contribution is -2.53. The normalized spacial score (nSPS) is 19.7. The second kappa shape index (κ2) is 10.2. The zero-order chi connectivity index (χ0) is 24.3. The van der Waals surface area contributed by atoms with Crippen LogP contribution in [0, 0.1) is 12.8 Å². The molecule has 4 rings (SSSR count). The molecule has 0 N–H and O–H groups in total. The Balaban J connectivity index is 1.40. The number of piperazine rings is 1. The number of piperidine rings is 1. The number of benzene rings is 2. The van der Waals surface area contributed by atoms with Gasteiger partial charge in [-0.25, -0.2) is 8.42 Å². The van der Waals surface area contributed by atoms with Crippen LogP contribution >= 0.6 is 0 Å². The minimum absolute atomic E-state index is 0.0467. The van der Waals surface area contributed by atoms with Crippen molar-refractivity contribution >= 4 is 21.6 Å². The molecular formula is C25H33N3O5S. The van der Waals surface area contributed by atoms with E-state index in [2.05, 4.69) is 4.90 Å². The van der Waals surface area contributed by atoms with Crippen LogP contribution in [0.4, 0.5) is 5.69 Å². The maximum atomic E-state index is 13.3. The van der Waals surface area contributed by atoms with Crippen LogP contribution < -0.4 is 14.4 Å². The molecule has 184 valence electrons. The zero-order valence-corrected chi connectivity index (χ0v) is 20.9. The van der Waals surface area contributed by atoms with Crippen molar-refractivity contribution in [1.29, 1.82) is 0 Å². The second-order valence-electron chi connectivity index (χ2n) is 8.82. The first kappa shape index (κ1) is 24.3. The van der Waals surface area contributed by atoms with Crippen molar-refractivity contribution in [2.45, 2.75) is 24.7 Å². The van der Waals surface area contributed by atoms with Crippen molar-refractivity contribution in [3.05, 3.63) is 48.0 Å². The van der Waals surface area contributed by atoms with Gasteiger partial charge in [0.25, 0.3) is 0 Å². The van der Waals surface area contributed by atoms with E-state index in [1.54, 1.807) is 32.4 Å². The van der Waals surface area contributed by atoms with Crippen LogP contribution in [-0.2, 0) is 14.8 Å². The van der Waals surface area contributed by atoms with E-state index < -0.39 is 10.0 Å². The molecule has 2 heterocycles. The highest BCUT2D eigenvalue weighted by Gasteiger charge is 2.36. The molecule has 2 saturated heterocycles. The number of carbonyl (C=O) groups is 1. The molecule has 0 aromatic heterocycles. The fourth-order valence-corrected chi connectivity index (χ4v) is 6.45. The van der Waals surface area contributed by atoms with Gasteiger partial charge in [-0.15, -0.1) is 0 Å². The van der Waals surface area contributed by atoms with Gasteiger partial charge in [0.2, 0.25) is 15.9 Å². The molecule has 2 fully saturated rings. The summed E-state index contributed by atoms with van der Waals surface area (Å²) in [4.78, 5) is 17.7. The van der Waals surface area contributed by atoms with Gasteiger partial charge in [-0.3, -0.25) is 4.79 Å². The van der Waals surface area contributed by atoms with Crippen molar-refractivity contribution in [1.82, 2.24) is 9.21 Å². The lowest BCUT2D eigenvalue weighted by molar-refractivity contribution is -0.137. The van der Waals surface area contributed by atoms with Crippen molar-refractivity contribution in [2.75, 3.05) is 58.4 Å². The Kier molecular flexibility index (Phi) is 7.33. The fourth-order valence-electron chi connectivity index (χ4n) is 4.84. The Bertz CT molecular complexity index is 1130. The van der Waals surface area contributed by atoms with Crippen LogP contribution in [0.1, 0.15) is 18.4 Å². The fraction of sp³-hybridized carbons (Fsp3) is 0.480. The number of ether oxygens (including phenoxy) is 2. The lowest BCUT2D eigenvalue weighted by atomic mass is 9.97. The molecule has 1 amide bonds. The first-order valence-corrected chi connectivity index (χ1v) is 13.1. The van der Waals surface area contributed by atoms with Crippen LogP contribution in [-0.4, -0.2) is 77.0 Å². The Hall–Kier alpha value is -2.78. The maximum Gasteiger partial charge on any atom is 0.243 e. The number of nitrogens with zero attached hydrogens (tertiary/aromatic N) is 3. The van der Waals surface area contributed by atoms with E-state index >= 15 is 0 Å². The third-order valence-electron chi connectivity index (χ3n) is 6.75. The van der Waals surface area contributed by atoms with E-state index in [0.717, 1.165) is 17.0 Å². The molecule has 0 aliphatic carbocycles. The van der Waals surface area contributed by atoms with E-state index in [1.807, 2.05) is 36.1 Å². The lowest BCUT2D eigenvalue weighted by Gasteiger charge is -2.39. The quantitative estimate of drug-likeness (QED) is 0.624. The largest absolute Gasteiger partial charge is 0.496 e. The minimum atomic E-state index is -3.67. The van der Waals surface area contributed by atoms with Crippen LogP contribution in [0.5, 0.6) is 11.5 Å². The molecule has 2 aromatic carbocycles. The van der Waals surface area contributed by atoms with E-state index in [4.69, 9.17) is 9.47 Å². The molecule has 0 radical (unpaired) electrons. The third kappa shape index (κ3) is 4.86. The van der Waals surface area contributed by atoms with Crippen molar-refractivity contribution in [3.8, 4) is 11.5 Å². The number of hydrogen-bond donors (Lipinski definition) is 0.